The van der Waals surface area contributed by atoms with Crippen LogP contribution in [0.3, 0.4) is 0 Å². The minimum atomic E-state index is -0.722. The molecule has 29 heavy (non-hydrogen) atoms. The van der Waals surface area contributed by atoms with E-state index in [1.54, 1.807) is 16.9 Å². The zero-order valence-electron chi connectivity index (χ0n) is 15.7. The SMILES string of the molecule is CCOc1cc(-c2ccc(N3CC(N=[N+]=[N-])[C@@H](O)C3)nc2)c2c(C#N)cnn2c1. The minimum Gasteiger partial charge on any atom is -0.492 e. The maximum atomic E-state index is 10.0. The fourth-order valence-corrected chi connectivity index (χ4v) is 3.51. The molecule has 0 bridgehead atoms. The molecule has 0 saturated carbocycles. The first-order valence-corrected chi connectivity index (χ1v) is 9.12. The van der Waals surface area contributed by atoms with Gasteiger partial charge in [0.05, 0.1) is 42.2 Å². The van der Waals surface area contributed by atoms with Gasteiger partial charge in [-0.15, -0.1) is 0 Å². The number of aliphatic hydroxyl groups is 1. The standard InChI is InChI=1S/C19H18N8O2/c1-2-29-14-5-15(19-13(6-20)8-23-27(19)9-14)12-3-4-18(22-7-12)26-10-16(24-25-21)17(28)11-26/h3-5,7-9,16-17,28H,2,10-11H2,1H3/t16?,17-/m0/s1. The molecule has 1 saturated heterocycles. The second-order valence-corrected chi connectivity index (χ2v) is 6.64. The van der Waals surface area contributed by atoms with Gasteiger partial charge in [0, 0.05) is 35.3 Å². The summed E-state index contributed by atoms with van der Waals surface area (Å²) in [7, 11) is 0. The predicted octanol–water partition coefficient (Wildman–Crippen LogP) is 2.53. The number of azide groups is 1. The van der Waals surface area contributed by atoms with Gasteiger partial charge in [-0.3, -0.25) is 0 Å². The quantitative estimate of drug-likeness (QED) is 0.404. The summed E-state index contributed by atoms with van der Waals surface area (Å²) in [6.45, 7) is 3.17. The van der Waals surface area contributed by atoms with Crippen LogP contribution in [0.2, 0.25) is 0 Å². The van der Waals surface area contributed by atoms with Gasteiger partial charge >= 0.3 is 0 Å². The largest absolute Gasteiger partial charge is 0.492 e. The Morgan fingerprint density at radius 1 is 1.41 bits per heavy atom. The zero-order chi connectivity index (χ0) is 20.4. The summed E-state index contributed by atoms with van der Waals surface area (Å²) in [6.07, 6.45) is 4.26. The summed E-state index contributed by atoms with van der Waals surface area (Å²) in [6, 6.07) is 7.29. The van der Waals surface area contributed by atoms with Crippen LogP contribution in [0.5, 0.6) is 5.75 Å². The van der Waals surface area contributed by atoms with Gasteiger partial charge in [-0.25, -0.2) is 9.50 Å². The zero-order valence-corrected chi connectivity index (χ0v) is 15.7. The maximum absolute atomic E-state index is 10.0. The van der Waals surface area contributed by atoms with E-state index in [1.165, 1.54) is 6.20 Å². The fourth-order valence-electron chi connectivity index (χ4n) is 3.51. The molecule has 1 N–H and O–H groups in total. The summed E-state index contributed by atoms with van der Waals surface area (Å²) < 4.78 is 7.26. The predicted molar refractivity (Wildman–Crippen MR) is 105 cm³/mol. The number of anilines is 1. The van der Waals surface area contributed by atoms with Crippen molar-refractivity contribution in [2.75, 3.05) is 24.6 Å². The Kier molecular flexibility index (Phi) is 4.91. The van der Waals surface area contributed by atoms with Crippen LogP contribution in [-0.4, -0.2) is 51.5 Å². The third-order valence-electron chi connectivity index (χ3n) is 4.86. The second-order valence-electron chi connectivity index (χ2n) is 6.64. The summed E-state index contributed by atoms with van der Waals surface area (Å²) in [5, 5.41) is 27.3. The van der Waals surface area contributed by atoms with Crippen LogP contribution in [0, 0.1) is 11.3 Å². The number of hydrogen-bond donors (Lipinski definition) is 1. The van der Waals surface area contributed by atoms with Gasteiger partial charge in [0.1, 0.15) is 17.6 Å². The van der Waals surface area contributed by atoms with Crippen LogP contribution < -0.4 is 9.64 Å². The Balaban J connectivity index is 1.71. The second kappa shape index (κ2) is 7.67. The molecule has 0 aliphatic carbocycles. The molecule has 0 aromatic carbocycles. The number of ether oxygens (including phenoxy) is 1. The normalized spacial score (nSPS) is 18.4. The molecule has 1 fully saturated rings. The number of hydrogen-bond acceptors (Lipinski definition) is 7. The lowest BCUT2D eigenvalue weighted by atomic mass is 10.1. The summed E-state index contributed by atoms with van der Waals surface area (Å²) >= 11 is 0. The molecule has 2 atom stereocenters. The first-order valence-electron chi connectivity index (χ1n) is 9.12. The molecule has 3 aromatic heterocycles. The van der Waals surface area contributed by atoms with E-state index >= 15 is 0 Å². The van der Waals surface area contributed by atoms with E-state index in [4.69, 9.17) is 10.3 Å². The van der Waals surface area contributed by atoms with Crippen molar-refractivity contribution in [2.45, 2.75) is 19.1 Å². The molecule has 3 aromatic rings. The number of β-amino-alcohol motifs (C(OH)–C–C–N with tert-alkyl or cyclic N) is 1. The summed E-state index contributed by atoms with van der Waals surface area (Å²) in [4.78, 5) is 9.17. The first-order chi connectivity index (χ1) is 14.1. The van der Waals surface area contributed by atoms with Crippen molar-refractivity contribution < 1.29 is 9.84 Å². The molecule has 10 nitrogen and oxygen atoms in total. The van der Waals surface area contributed by atoms with Crippen molar-refractivity contribution in [1.82, 2.24) is 14.6 Å². The molecule has 0 amide bonds. The van der Waals surface area contributed by atoms with Gasteiger partial charge in [0.2, 0.25) is 0 Å². The van der Waals surface area contributed by atoms with E-state index in [1.807, 2.05) is 30.0 Å². The molecule has 1 aliphatic rings. The Labute approximate surface area is 166 Å². The molecule has 4 heterocycles. The molecular weight excluding hydrogens is 372 g/mol. The third kappa shape index (κ3) is 3.40. The fraction of sp³-hybridized carbons (Fsp3) is 0.316. The van der Waals surface area contributed by atoms with Gasteiger partial charge in [0.25, 0.3) is 0 Å². The van der Waals surface area contributed by atoms with Crippen LogP contribution in [0.4, 0.5) is 5.82 Å². The van der Waals surface area contributed by atoms with E-state index in [0.29, 0.717) is 42.3 Å². The van der Waals surface area contributed by atoms with Crippen LogP contribution in [-0.2, 0) is 0 Å². The van der Waals surface area contributed by atoms with Crippen molar-refractivity contribution >= 4 is 11.3 Å². The minimum absolute atomic E-state index is 0.349. The van der Waals surface area contributed by atoms with Gasteiger partial charge in [0.15, 0.2) is 0 Å². The monoisotopic (exact) mass is 390 g/mol. The van der Waals surface area contributed by atoms with Crippen LogP contribution in [0.25, 0.3) is 27.1 Å². The Bertz CT molecular complexity index is 1130. The number of nitriles is 1. The van der Waals surface area contributed by atoms with Gasteiger partial charge < -0.3 is 14.7 Å². The molecular formula is C19H18N8O2. The van der Waals surface area contributed by atoms with Crippen molar-refractivity contribution in [3.63, 3.8) is 0 Å². The van der Waals surface area contributed by atoms with Crippen molar-refractivity contribution in [3.8, 4) is 22.9 Å². The average molecular weight is 390 g/mol. The Hall–Kier alpha value is -3.80. The topological polar surface area (TPSA) is 135 Å². The highest BCUT2D eigenvalue weighted by molar-refractivity contribution is 5.85. The molecule has 1 aliphatic heterocycles. The Morgan fingerprint density at radius 2 is 2.28 bits per heavy atom. The van der Waals surface area contributed by atoms with E-state index < -0.39 is 12.1 Å². The number of rotatable bonds is 5. The maximum Gasteiger partial charge on any atom is 0.138 e. The molecule has 0 radical (unpaired) electrons. The first kappa shape index (κ1) is 18.6. The lowest BCUT2D eigenvalue weighted by Crippen LogP contribution is -2.21. The van der Waals surface area contributed by atoms with Crippen molar-refractivity contribution in [2.24, 2.45) is 5.11 Å². The van der Waals surface area contributed by atoms with Crippen LogP contribution in [0.1, 0.15) is 12.5 Å². The molecule has 146 valence electrons. The van der Waals surface area contributed by atoms with E-state index in [0.717, 1.165) is 11.1 Å². The van der Waals surface area contributed by atoms with Gasteiger partial charge in [-0.05, 0) is 30.7 Å². The molecule has 10 heteroatoms. The van der Waals surface area contributed by atoms with E-state index in [9.17, 15) is 10.4 Å². The van der Waals surface area contributed by atoms with E-state index in [2.05, 4.69) is 26.2 Å². The number of fused-ring (bicyclic) bond motifs is 1. The van der Waals surface area contributed by atoms with Crippen molar-refractivity contribution in [1.29, 1.82) is 5.26 Å². The number of pyridine rings is 2. The van der Waals surface area contributed by atoms with Crippen LogP contribution in [0.15, 0.2) is 41.9 Å². The highest BCUT2D eigenvalue weighted by atomic mass is 16.5. The molecule has 0 spiro atoms. The Morgan fingerprint density at radius 3 is 2.97 bits per heavy atom. The number of aliphatic hydroxyl groups excluding tert-OH is 1. The highest BCUT2D eigenvalue weighted by Crippen LogP contribution is 2.31. The number of aromatic nitrogens is 3. The number of nitrogens with zero attached hydrogens (tertiary/aromatic N) is 8. The lowest BCUT2D eigenvalue weighted by Gasteiger charge is -2.17. The summed E-state index contributed by atoms with van der Waals surface area (Å²) in [5.41, 5.74) is 11.4. The van der Waals surface area contributed by atoms with Crippen LogP contribution >= 0.6 is 0 Å². The third-order valence-corrected chi connectivity index (χ3v) is 4.86. The van der Waals surface area contributed by atoms with Gasteiger partial charge in [-0.1, -0.05) is 5.11 Å². The molecule has 4 rings (SSSR count). The molecule has 1 unspecified atom stereocenters. The average Bonchev–Trinajstić information content (AvgIpc) is 3.31. The highest BCUT2D eigenvalue weighted by Gasteiger charge is 2.31. The van der Waals surface area contributed by atoms with Gasteiger partial charge in [-0.2, -0.15) is 10.4 Å². The smallest absolute Gasteiger partial charge is 0.138 e. The van der Waals surface area contributed by atoms with Crippen molar-refractivity contribution in [3.05, 3.63) is 52.8 Å². The van der Waals surface area contributed by atoms with E-state index in [-0.39, 0.29) is 0 Å². The summed E-state index contributed by atoms with van der Waals surface area (Å²) in [5.74, 6) is 1.32. The lowest BCUT2D eigenvalue weighted by molar-refractivity contribution is 0.180.